The van der Waals surface area contributed by atoms with Crippen molar-refractivity contribution >= 4 is 28.1 Å². The van der Waals surface area contributed by atoms with E-state index in [9.17, 15) is 4.79 Å². The number of anilines is 1. The van der Waals surface area contributed by atoms with E-state index < -0.39 is 11.6 Å². The molecule has 0 saturated carbocycles. The van der Waals surface area contributed by atoms with Gasteiger partial charge in [0.15, 0.2) is 5.13 Å². The molecular weight excluding hydrogens is 434 g/mol. The molecule has 166 valence electrons. The number of thiazole rings is 1. The van der Waals surface area contributed by atoms with Crippen molar-refractivity contribution in [1.29, 1.82) is 0 Å². The summed E-state index contributed by atoms with van der Waals surface area (Å²) in [6.45, 7) is 1.92. The van der Waals surface area contributed by atoms with Gasteiger partial charge in [-0.3, -0.25) is 0 Å². The highest BCUT2D eigenvalue weighted by atomic mass is 32.1. The lowest BCUT2D eigenvalue weighted by atomic mass is 9.80. The van der Waals surface area contributed by atoms with Gasteiger partial charge >= 0.3 is 5.97 Å². The van der Waals surface area contributed by atoms with Crippen LogP contribution in [0.2, 0.25) is 0 Å². The van der Waals surface area contributed by atoms with Gasteiger partial charge in [0.1, 0.15) is 5.69 Å². The van der Waals surface area contributed by atoms with Crippen molar-refractivity contribution in [3.8, 4) is 0 Å². The SMILES string of the molecule is CCOC(=O)/C(=N\OC(c1ccccc1)(c1ccccc1)c1ccccc1)c1csc(N)n1. The second-order valence-corrected chi connectivity index (χ2v) is 7.99. The van der Waals surface area contributed by atoms with Crippen molar-refractivity contribution in [1.82, 2.24) is 4.98 Å². The highest BCUT2D eigenvalue weighted by Crippen LogP contribution is 2.40. The van der Waals surface area contributed by atoms with Crippen LogP contribution in [0.1, 0.15) is 29.3 Å². The maximum atomic E-state index is 12.8. The fraction of sp³-hybridized carbons (Fsp3) is 0.115. The number of nitrogen functional groups attached to an aromatic ring is 1. The minimum atomic E-state index is -1.12. The average molecular weight is 458 g/mol. The summed E-state index contributed by atoms with van der Waals surface area (Å²) >= 11 is 1.21. The molecule has 33 heavy (non-hydrogen) atoms. The molecule has 2 N–H and O–H groups in total. The van der Waals surface area contributed by atoms with Crippen LogP contribution in [0.3, 0.4) is 0 Å². The summed E-state index contributed by atoms with van der Waals surface area (Å²) in [7, 11) is 0. The van der Waals surface area contributed by atoms with Crippen LogP contribution >= 0.6 is 11.3 Å². The van der Waals surface area contributed by atoms with Crippen molar-refractivity contribution in [2.45, 2.75) is 12.5 Å². The largest absolute Gasteiger partial charge is 0.461 e. The van der Waals surface area contributed by atoms with Crippen molar-refractivity contribution in [3.05, 3.63) is 119 Å². The fourth-order valence-corrected chi connectivity index (χ4v) is 4.12. The summed E-state index contributed by atoms with van der Waals surface area (Å²) in [6, 6.07) is 29.3. The minimum absolute atomic E-state index is 0.0445. The number of ether oxygens (including phenoxy) is 1. The first-order valence-corrected chi connectivity index (χ1v) is 11.3. The van der Waals surface area contributed by atoms with Gasteiger partial charge in [-0.05, 0) is 6.92 Å². The first-order chi connectivity index (χ1) is 16.1. The van der Waals surface area contributed by atoms with E-state index in [4.69, 9.17) is 15.3 Å². The second kappa shape index (κ2) is 10.1. The van der Waals surface area contributed by atoms with E-state index in [0.29, 0.717) is 10.8 Å². The lowest BCUT2D eigenvalue weighted by molar-refractivity contribution is -0.135. The number of benzene rings is 3. The van der Waals surface area contributed by atoms with E-state index in [1.54, 1.807) is 12.3 Å². The molecule has 0 spiro atoms. The molecule has 0 aliphatic heterocycles. The number of carbonyl (C=O) groups excluding carboxylic acids is 1. The van der Waals surface area contributed by atoms with Crippen LogP contribution in [-0.2, 0) is 20.0 Å². The standard InChI is InChI=1S/C26H23N3O3S/c1-2-31-24(30)23(22-18-33-25(27)28-22)29-32-26(19-12-6-3-7-13-19,20-14-8-4-9-15-20)21-16-10-5-11-17-21/h3-18H,2H2,1H3,(H2,27,28)/b29-23-. The van der Waals surface area contributed by atoms with Crippen molar-refractivity contribution in [2.24, 2.45) is 5.16 Å². The van der Waals surface area contributed by atoms with Gasteiger partial charge in [-0.2, -0.15) is 0 Å². The molecule has 0 atom stereocenters. The van der Waals surface area contributed by atoms with Crippen LogP contribution < -0.4 is 5.73 Å². The van der Waals surface area contributed by atoms with Crippen LogP contribution in [-0.4, -0.2) is 23.3 Å². The Morgan fingerprint density at radius 3 is 1.79 bits per heavy atom. The predicted molar refractivity (Wildman–Crippen MR) is 130 cm³/mol. The zero-order valence-electron chi connectivity index (χ0n) is 18.0. The number of hydrogen-bond donors (Lipinski definition) is 1. The fourth-order valence-electron chi connectivity index (χ4n) is 3.58. The number of oxime groups is 1. The summed E-state index contributed by atoms with van der Waals surface area (Å²) < 4.78 is 5.22. The Kier molecular flexibility index (Phi) is 6.80. The van der Waals surface area contributed by atoms with Gasteiger partial charge in [-0.25, -0.2) is 9.78 Å². The zero-order chi connectivity index (χ0) is 23.1. The van der Waals surface area contributed by atoms with Crippen LogP contribution in [0.25, 0.3) is 0 Å². The van der Waals surface area contributed by atoms with E-state index >= 15 is 0 Å². The lowest BCUT2D eigenvalue weighted by Gasteiger charge is -2.33. The molecule has 0 aliphatic rings. The minimum Gasteiger partial charge on any atom is -0.461 e. The maximum Gasteiger partial charge on any atom is 0.362 e. The van der Waals surface area contributed by atoms with Crippen LogP contribution in [0, 0.1) is 0 Å². The third kappa shape index (κ3) is 4.63. The molecule has 4 rings (SSSR count). The number of rotatable bonds is 8. The molecule has 0 aliphatic carbocycles. The molecule has 0 saturated heterocycles. The van der Waals surface area contributed by atoms with Crippen LogP contribution in [0.15, 0.2) is 102 Å². The molecule has 4 aromatic rings. The topological polar surface area (TPSA) is 86.8 Å². The number of esters is 1. The molecule has 0 bridgehead atoms. The highest BCUT2D eigenvalue weighted by Gasteiger charge is 2.40. The van der Waals surface area contributed by atoms with E-state index in [2.05, 4.69) is 10.1 Å². The monoisotopic (exact) mass is 457 g/mol. The Morgan fingerprint density at radius 2 is 1.39 bits per heavy atom. The molecule has 3 aromatic carbocycles. The third-order valence-electron chi connectivity index (χ3n) is 5.05. The summed E-state index contributed by atoms with van der Waals surface area (Å²) in [6.07, 6.45) is 0. The lowest BCUT2D eigenvalue weighted by Crippen LogP contribution is -2.32. The predicted octanol–water partition coefficient (Wildman–Crippen LogP) is 5.00. The van der Waals surface area contributed by atoms with E-state index in [1.165, 1.54) is 11.3 Å². The van der Waals surface area contributed by atoms with Gasteiger partial charge in [-0.1, -0.05) is 96.2 Å². The van der Waals surface area contributed by atoms with Gasteiger partial charge in [-0.15, -0.1) is 11.3 Å². The smallest absolute Gasteiger partial charge is 0.362 e. The second-order valence-electron chi connectivity index (χ2n) is 7.10. The molecule has 0 radical (unpaired) electrons. The molecular formula is C26H23N3O3S. The first kappa shape index (κ1) is 22.2. The normalized spacial score (nSPS) is 11.7. The van der Waals surface area contributed by atoms with Crippen LogP contribution in [0.4, 0.5) is 5.13 Å². The van der Waals surface area contributed by atoms with Crippen molar-refractivity contribution < 1.29 is 14.4 Å². The molecule has 6 nitrogen and oxygen atoms in total. The van der Waals surface area contributed by atoms with Crippen LogP contribution in [0.5, 0.6) is 0 Å². The van der Waals surface area contributed by atoms with Gasteiger partial charge in [0, 0.05) is 22.1 Å². The van der Waals surface area contributed by atoms with E-state index in [0.717, 1.165) is 16.7 Å². The maximum absolute atomic E-state index is 12.8. The molecule has 1 heterocycles. The summed E-state index contributed by atoms with van der Waals surface area (Å²) in [5, 5.41) is 6.34. The number of hydrogen-bond acceptors (Lipinski definition) is 7. The molecule has 0 fully saturated rings. The number of carbonyl (C=O) groups is 1. The molecule has 7 heteroatoms. The Hall–Kier alpha value is -3.97. The number of nitrogens with two attached hydrogens (primary N) is 1. The van der Waals surface area contributed by atoms with Crippen molar-refractivity contribution in [3.63, 3.8) is 0 Å². The molecule has 1 aromatic heterocycles. The zero-order valence-corrected chi connectivity index (χ0v) is 18.9. The first-order valence-electron chi connectivity index (χ1n) is 10.5. The Morgan fingerprint density at radius 1 is 0.909 bits per heavy atom. The summed E-state index contributed by atoms with van der Waals surface area (Å²) in [5.74, 6) is -0.633. The van der Waals surface area contributed by atoms with E-state index in [-0.39, 0.29) is 12.3 Å². The molecule has 0 unspecified atom stereocenters. The quantitative estimate of drug-likeness (QED) is 0.174. The van der Waals surface area contributed by atoms with Gasteiger partial charge < -0.3 is 15.3 Å². The van der Waals surface area contributed by atoms with Gasteiger partial charge in [0.25, 0.3) is 0 Å². The molecule has 0 amide bonds. The Balaban J connectivity index is 1.93. The van der Waals surface area contributed by atoms with Gasteiger partial charge in [0.2, 0.25) is 11.3 Å². The van der Waals surface area contributed by atoms with Gasteiger partial charge in [0.05, 0.1) is 6.61 Å². The Labute approximate surface area is 196 Å². The van der Waals surface area contributed by atoms with E-state index in [1.807, 2.05) is 91.0 Å². The summed E-state index contributed by atoms with van der Waals surface area (Å²) in [5.41, 5.74) is 7.50. The average Bonchev–Trinajstić information content (AvgIpc) is 3.29. The highest BCUT2D eigenvalue weighted by molar-refractivity contribution is 7.13. The number of nitrogens with zero attached hydrogens (tertiary/aromatic N) is 2. The number of aromatic nitrogens is 1. The third-order valence-corrected chi connectivity index (χ3v) is 5.72. The Bertz CT molecular complexity index is 1130. The van der Waals surface area contributed by atoms with Crippen molar-refractivity contribution in [2.75, 3.05) is 12.3 Å². The summed E-state index contributed by atoms with van der Waals surface area (Å²) in [4.78, 5) is 23.4.